The van der Waals surface area contributed by atoms with E-state index in [1.807, 2.05) is 25.1 Å². The van der Waals surface area contributed by atoms with E-state index >= 15 is 0 Å². The van der Waals surface area contributed by atoms with Gasteiger partial charge < -0.3 is 9.47 Å². The first-order chi connectivity index (χ1) is 8.35. The van der Waals surface area contributed by atoms with Gasteiger partial charge in [-0.3, -0.25) is 4.79 Å². The molecule has 1 fully saturated rings. The number of benzene rings is 1. The lowest BCUT2D eigenvalue weighted by atomic mass is 10.00. The monoisotopic (exact) mass is 234 g/mol. The molecule has 3 nitrogen and oxygen atoms in total. The third-order valence-electron chi connectivity index (χ3n) is 3.02. The lowest BCUT2D eigenvalue weighted by Gasteiger charge is -2.23. The Balaban J connectivity index is 2.22. The maximum atomic E-state index is 10.9. The molecule has 0 N–H and O–H groups in total. The van der Waals surface area contributed by atoms with Crippen molar-refractivity contribution in [2.75, 3.05) is 13.2 Å². The molecule has 0 spiro atoms. The van der Waals surface area contributed by atoms with Crippen LogP contribution in [0.3, 0.4) is 0 Å². The molecule has 1 aromatic rings. The van der Waals surface area contributed by atoms with Crippen LogP contribution in [0.1, 0.15) is 48.2 Å². The minimum absolute atomic E-state index is 0.156. The van der Waals surface area contributed by atoms with Crippen molar-refractivity contribution >= 4 is 6.29 Å². The second-order valence-electron chi connectivity index (χ2n) is 4.20. The lowest BCUT2D eigenvalue weighted by molar-refractivity contribution is 0.0148. The molecule has 1 aromatic carbocycles. The summed E-state index contributed by atoms with van der Waals surface area (Å²) in [5.41, 5.74) is 1.71. The molecule has 0 amide bonds. The molecule has 0 aromatic heterocycles. The third kappa shape index (κ3) is 2.86. The highest BCUT2D eigenvalue weighted by Gasteiger charge is 2.17. The summed E-state index contributed by atoms with van der Waals surface area (Å²) >= 11 is 0. The first-order valence-electron chi connectivity index (χ1n) is 6.18. The molecule has 92 valence electrons. The number of hydrogen-bond donors (Lipinski definition) is 0. The molecular formula is C14H18O3. The van der Waals surface area contributed by atoms with Gasteiger partial charge in [0.15, 0.2) is 6.29 Å². The molecule has 3 heteroatoms. The van der Waals surface area contributed by atoms with Crippen LogP contribution >= 0.6 is 0 Å². The summed E-state index contributed by atoms with van der Waals surface area (Å²) < 4.78 is 11.2. The molecular weight excluding hydrogens is 216 g/mol. The number of hydrogen-bond acceptors (Lipinski definition) is 3. The summed E-state index contributed by atoms with van der Waals surface area (Å²) in [6, 6.07) is 5.71. The highest BCUT2D eigenvalue weighted by molar-refractivity contribution is 5.79. The fourth-order valence-corrected chi connectivity index (χ4v) is 2.13. The van der Waals surface area contributed by atoms with Gasteiger partial charge in [0.2, 0.25) is 0 Å². The molecule has 1 aliphatic rings. The molecule has 0 aliphatic carbocycles. The van der Waals surface area contributed by atoms with Crippen molar-refractivity contribution in [1.82, 2.24) is 0 Å². The van der Waals surface area contributed by atoms with Crippen LogP contribution in [0.5, 0.6) is 5.75 Å². The maximum Gasteiger partial charge on any atom is 0.153 e. The second kappa shape index (κ2) is 5.82. The molecule has 1 saturated heterocycles. The van der Waals surface area contributed by atoms with Gasteiger partial charge in [-0.15, -0.1) is 0 Å². The van der Waals surface area contributed by atoms with Crippen LogP contribution in [0.4, 0.5) is 0 Å². The zero-order valence-electron chi connectivity index (χ0n) is 10.1. The normalized spacial score (nSPS) is 19.9. The van der Waals surface area contributed by atoms with E-state index < -0.39 is 0 Å². The topological polar surface area (TPSA) is 35.5 Å². The Bertz CT molecular complexity index is 381. The molecule has 0 bridgehead atoms. The van der Waals surface area contributed by atoms with Gasteiger partial charge in [-0.05, 0) is 43.9 Å². The van der Waals surface area contributed by atoms with Gasteiger partial charge in [-0.1, -0.05) is 6.07 Å². The van der Waals surface area contributed by atoms with Crippen LogP contribution in [-0.4, -0.2) is 19.5 Å². The molecule has 0 saturated carbocycles. The average molecular weight is 234 g/mol. The van der Waals surface area contributed by atoms with E-state index in [1.165, 1.54) is 6.42 Å². The molecule has 1 unspecified atom stereocenters. The van der Waals surface area contributed by atoms with E-state index in [9.17, 15) is 4.79 Å². The Morgan fingerprint density at radius 1 is 1.47 bits per heavy atom. The summed E-state index contributed by atoms with van der Waals surface area (Å²) in [6.07, 6.45) is 4.37. The minimum atomic E-state index is 0.156. The lowest BCUT2D eigenvalue weighted by Crippen LogP contribution is -2.11. The van der Waals surface area contributed by atoms with Crippen molar-refractivity contribution in [3.8, 4) is 5.75 Å². The van der Waals surface area contributed by atoms with E-state index in [-0.39, 0.29) is 6.10 Å². The Labute approximate surface area is 102 Å². The predicted molar refractivity (Wildman–Crippen MR) is 65.5 cm³/mol. The van der Waals surface area contributed by atoms with Gasteiger partial charge in [-0.25, -0.2) is 0 Å². The molecule has 0 radical (unpaired) electrons. The molecule has 1 aliphatic heterocycles. The Hall–Kier alpha value is -1.35. The number of aldehydes is 1. The maximum absolute atomic E-state index is 10.9. The Morgan fingerprint density at radius 2 is 2.35 bits per heavy atom. The summed E-state index contributed by atoms with van der Waals surface area (Å²) in [4.78, 5) is 10.9. The van der Waals surface area contributed by atoms with Gasteiger partial charge in [-0.2, -0.15) is 0 Å². The van der Waals surface area contributed by atoms with Crippen molar-refractivity contribution in [3.63, 3.8) is 0 Å². The van der Waals surface area contributed by atoms with Gasteiger partial charge >= 0.3 is 0 Å². The Kier molecular flexibility index (Phi) is 4.15. The SMILES string of the molecule is CCOc1cc(C2CCCCO2)ccc1C=O. The van der Waals surface area contributed by atoms with Gasteiger partial charge in [0, 0.05) is 6.61 Å². The van der Waals surface area contributed by atoms with Crippen molar-refractivity contribution in [3.05, 3.63) is 29.3 Å². The number of rotatable bonds is 4. The highest BCUT2D eigenvalue weighted by atomic mass is 16.5. The summed E-state index contributed by atoms with van der Waals surface area (Å²) in [6.45, 7) is 3.30. The van der Waals surface area contributed by atoms with Crippen LogP contribution in [0.2, 0.25) is 0 Å². The summed E-state index contributed by atoms with van der Waals surface area (Å²) in [5.74, 6) is 0.661. The predicted octanol–water partition coefficient (Wildman–Crippen LogP) is 3.14. The molecule has 2 rings (SSSR count). The van der Waals surface area contributed by atoms with Gasteiger partial charge in [0.25, 0.3) is 0 Å². The van der Waals surface area contributed by atoms with Crippen molar-refractivity contribution in [2.24, 2.45) is 0 Å². The quantitative estimate of drug-likeness (QED) is 0.751. The minimum Gasteiger partial charge on any atom is -0.493 e. The van der Waals surface area contributed by atoms with E-state index in [1.54, 1.807) is 0 Å². The van der Waals surface area contributed by atoms with Crippen LogP contribution in [0.15, 0.2) is 18.2 Å². The van der Waals surface area contributed by atoms with Gasteiger partial charge in [0.05, 0.1) is 18.3 Å². The van der Waals surface area contributed by atoms with Crippen LogP contribution in [0, 0.1) is 0 Å². The van der Waals surface area contributed by atoms with Crippen molar-refractivity contribution < 1.29 is 14.3 Å². The molecule has 1 atom stereocenters. The largest absolute Gasteiger partial charge is 0.493 e. The third-order valence-corrected chi connectivity index (χ3v) is 3.02. The fraction of sp³-hybridized carbons (Fsp3) is 0.500. The zero-order chi connectivity index (χ0) is 12.1. The fourth-order valence-electron chi connectivity index (χ4n) is 2.13. The standard InChI is InChI=1S/C14H18O3/c1-2-16-14-9-11(6-7-12(14)10-15)13-5-3-4-8-17-13/h6-7,9-10,13H,2-5,8H2,1H3. The van der Waals surface area contributed by atoms with Crippen molar-refractivity contribution in [1.29, 1.82) is 0 Å². The molecule has 17 heavy (non-hydrogen) atoms. The number of carbonyl (C=O) groups is 1. The first-order valence-corrected chi connectivity index (χ1v) is 6.18. The summed E-state index contributed by atoms with van der Waals surface area (Å²) in [5, 5.41) is 0. The molecule has 1 heterocycles. The van der Waals surface area contributed by atoms with E-state index in [2.05, 4.69) is 0 Å². The zero-order valence-corrected chi connectivity index (χ0v) is 10.1. The van der Waals surface area contributed by atoms with Crippen LogP contribution in [0.25, 0.3) is 0 Å². The summed E-state index contributed by atoms with van der Waals surface area (Å²) in [7, 11) is 0. The van der Waals surface area contributed by atoms with E-state index in [0.717, 1.165) is 31.3 Å². The van der Waals surface area contributed by atoms with Crippen molar-refractivity contribution in [2.45, 2.75) is 32.3 Å². The van der Waals surface area contributed by atoms with Gasteiger partial charge in [0.1, 0.15) is 5.75 Å². The van der Waals surface area contributed by atoms with Crippen LogP contribution in [-0.2, 0) is 4.74 Å². The number of ether oxygens (including phenoxy) is 2. The first kappa shape index (κ1) is 12.1. The van der Waals surface area contributed by atoms with E-state index in [0.29, 0.717) is 17.9 Å². The second-order valence-corrected chi connectivity index (χ2v) is 4.20. The van der Waals surface area contributed by atoms with E-state index in [4.69, 9.17) is 9.47 Å². The van der Waals surface area contributed by atoms with Crippen LogP contribution < -0.4 is 4.74 Å². The number of carbonyl (C=O) groups excluding carboxylic acids is 1. The average Bonchev–Trinajstić information content (AvgIpc) is 2.40. The Morgan fingerprint density at radius 3 is 3.00 bits per heavy atom. The smallest absolute Gasteiger partial charge is 0.153 e. The highest BCUT2D eigenvalue weighted by Crippen LogP contribution is 2.31.